The highest BCUT2D eigenvalue weighted by molar-refractivity contribution is 7.80. The van der Waals surface area contributed by atoms with Crippen molar-refractivity contribution in [1.82, 2.24) is 4.90 Å². The van der Waals surface area contributed by atoms with Crippen molar-refractivity contribution in [1.29, 1.82) is 0 Å². The van der Waals surface area contributed by atoms with Crippen molar-refractivity contribution >= 4 is 17.2 Å². The van der Waals surface area contributed by atoms with Gasteiger partial charge in [0.1, 0.15) is 10.8 Å². The van der Waals surface area contributed by atoms with Crippen LogP contribution in [0.5, 0.6) is 0 Å². The molecule has 1 fully saturated rings. The first-order valence-electron chi connectivity index (χ1n) is 7.40. The maximum Gasteiger partial charge on any atom is 0.128 e. The van der Waals surface area contributed by atoms with Gasteiger partial charge in [-0.05, 0) is 37.9 Å². The standard InChI is InChI=1S/C16H23FN2S/c1-2-3-12-6-8-19(9-7-12)11-14-5-4-13(16(18)20)10-15(14)17/h4-5,10,12H,2-3,6-9,11H2,1H3,(H2,18,20). The van der Waals surface area contributed by atoms with Gasteiger partial charge in [-0.2, -0.15) is 0 Å². The number of thiocarbonyl (C=S) groups is 1. The van der Waals surface area contributed by atoms with Gasteiger partial charge < -0.3 is 5.73 Å². The molecule has 1 aliphatic rings. The van der Waals surface area contributed by atoms with Crippen molar-refractivity contribution in [3.8, 4) is 0 Å². The second-order valence-electron chi connectivity index (χ2n) is 5.68. The smallest absolute Gasteiger partial charge is 0.128 e. The number of nitrogens with zero attached hydrogens (tertiary/aromatic N) is 1. The van der Waals surface area contributed by atoms with Gasteiger partial charge >= 0.3 is 0 Å². The Morgan fingerprint density at radius 1 is 1.40 bits per heavy atom. The minimum Gasteiger partial charge on any atom is -0.389 e. The third-order valence-electron chi connectivity index (χ3n) is 4.14. The highest BCUT2D eigenvalue weighted by Crippen LogP contribution is 2.23. The molecule has 110 valence electrons. The molecule has 1 aromatic carbocycles. The van der Waals surface area contributed by atoms with Gasteiger partial charge in [-0.15, -0.1) is 0 Å². The topological polar surface area (TPSA) is 29.3 Å². The van der Waals surface area contributed by atoms with Crippen LogP contribution in [0.3, 0.4) is 0 Å². The van der Waals surface area contributed by atoms with Crippen LogP contribution in [0.1, 0.15) is 43.7 Å². The molecule has 2 N–H and O–H groups in total. The molecule has 4 heteroatoms. The second-order valence-corrected chi connectivity index (χ2v) is 6.12. The van der Waals surface area contributed by atoms with Crippen molar-refractivity contribution in [3.63, 3.8) is 0 Å². The van der Waals surface area contributed by atoms with Crippen molar-refractivity contribution < 1.29 is 4.39 Å². The summed E-state index contributed by atoms with van der Waals surface area (Å²) in [5.74, 6) is 0.657. The number of likely N-dealkylation sites (tertiary alicyclic amines) is 1. The zero-order valence-electron chi connectivity index (χ0n) is 12.1. The van der Waals surface area contributed by atoms with Gasteiger partial charge in [-0.1, -0.05) is 44.1 Å². The first-order chi connectivity index (χ1) is 9.60. The molecule has 0 radical (unpaired) electrons. The Kier molecular flexibility index (Phi) is 5.49. The Morgan fingerprint density at radius 2 is 2.10 bits per heavy atom. The van der Waals surface area contributed by atoms with Gasteiger partial charge in [0.05, 0.1) is 0 Å². The fourth-order valence-electron chi connectivity index (χ4n) is 2.91. The zero-order chi connectivity index (χ0) is 14.5. The molecule has 1 saturated heterocycles. The van der Waals surface area contributed by atoms with Gasteiger partial charge in [-0.25, -0.2) is 4.39 Å². The molecule has 0 bridgehead atoms. The normalized spacial score (nSPS) is 17.3. The van der Waals surface area contributed by atoms with Gasteiger partial charge in [-0.3, -0.25) is 4.90 Å². The van der Waals surface area contributed by atoms with Crippen LogP contribution in [-0.2, 0) is 6.54 Å². The van der Waals surface area contributed by atoms with E-state index in [-0.39, 0.29) is 10.8 Å². The number of nitrogens with two attached hydrogens (primary N) is 1. The molecule has 1 aromatic rings. The second kappa shape index (κ2) is 7.14. The third kappa shape index (κ3) is 4.00. The van der Waals surface area contributed by atoms with Gasteiger partial charge in [0.25, 0.3) is 0 Å². The van der Waals surface area contributed by atoms with E-state index in [0.717, 1.165) is 24.6 Å². The van der Waals surface area contributed by atoms with Crippen molar-refractivity contribution in [3.05, 3.63) is 35.1 Å². The summed E-state index contributed by atoms with van der Waals surface area (Å²) >= 11 is 4.86. The summed E-state index contributed by atoms with van der Waals surface area (Å²) in [6.45, 7) is 5.07. The Hall–Kier alpha value is -1.00. The first-order valence-corrected chi connectivity index (χ1v) is 7.81. The van der Waals surface area contributed by atoms with E-state index >= 15 is 0 Å². The zero-order valence-corrected chi connectivity index (χ0v) is 12.9. The summed E-state index contributed by atoms with van der Waals surface area (Å²) in [5.41, 5.74) is 6.85. The number of hydrogen-bond donors (Lipinski definition) is 1. The fourth-order valence-corrected chi connectivity index (χ4v) is 3.04. The molecule has 20 heavy (non-hydrogen) atoms. The summed E-state index contributed by atoms with van der Waals surface area (Å²) in [6.07, 6.45) is 5.06. The molecule has 1 aliphatic heterocycles. The highest BCUT2D eigenvalue weighted by atomic mass is 32.1. The van der Waals surface area contributed by atoms with Crippen LogP contribution in [0.25, 0.3) is 0 Å². The molecule has 0 spiro atoms. The number of rotatable bonds is 5. The molecule has 0 aliphatic carbocycles. The molecule has 0 unspecified atom stereocenters. The highest BCUT2D eigenvalue weighted by Gasteiger charge is 2.19. The molecular formula is C16H23FN2S. The van der Waals surface area contributed by atoms with Crippen LogP contribution in [0, 0.1) is 11.7 Å². The Balaban J connectivity index is 1.93. The maximum atomic E-state index is 14.0. The Morgan fingerprint density at radius 3 is 2.65 bits per heavy atom. The monoisotopic (exact) mass is 294 g/mol. The third-order valence-corrected chi connectivity index (χ3v) is 4.37. The van der Waals surface area contributed by atoms with Gasteiger partial charge in [0.15, 0.2) is 0 Å². The molecule has 0 aromatic heterocycles. The van der Waals surface area contributed by atoms with E-state index in [1.807, 2.05) is 12.1 Å². The molecule has 0 amide bonds. The molecule has 1 heterocycles. The van der Waals surface area contributed by atoms with Crippen molar-refractivity contribution in [2.45, 2.75) is 39.2 Å². The summed E-state index contributed by atoms with van der Waals surface area (Å²) in [7, 11) is 0. The van der Waals surface area contributed by atoms with E-state index in [9.17, 15) is 4.39 Å². The van der Waals surface area contributed by atoms with Crippen molar-refractivity contribution in [2.75, 3.05) is 13.1 Å². The van der Waals surface area contributed by atoms with Gasteiger partial charge in [0.2, 0.25) is 0 Å². The summed E-state index contributed by atoms with van der Waals surface area (Å²) in [6, 6.07) is 5.06. The van der Waals surface area contributed by atoms with E-state index in [0.29, 0.717) is 12.1 Å². The molecule has 0 atom stereocenters. The quantitative estimate of drug-likeness (QED) is 0.843. The lowest BCUT2D eigenvalue weighted by atomic mass is 9.92. The van der Waals surface area contributed by atoms with Crippen LogP contribution in [-0.4, -0.2) is 23.0 Å². The van der Waals surface area contributed by atoms with E-state index in [1.54, 1.807) is 0 Å². The molecule has 2 rings (SSSR count). The number of halogens is 1. The minimum atomic E-state index is -0.203. The Bertz CT molecular complexity index is 468. The average molecular weight is 294 g/mol. The lowest BCUT2D eigenvalue weighted by Crippen LogP contribution is -2.33. The van der Waals surface area contributed by atoms with E-state index in [1.165, 1.54) is 31.7 Å². The van der Waals surface area contributed by atoms with E-state index in [4.69, 9.17) is 18.0 Å². The summed E-state index contributed by atoms with van der Waals surface area (Å²) in [5, 5.41) is 0. The largest absolute Gasteiger partial charge is 0.389 e. The minimum absolute atomic E-state index is 0.203. The summed E-state index contributed by atoms with van der Waals surface area (Å²) in [4.78, 5) is 2.58. The first kappa shape index (κ1) is 15.4. The average Bonchev–Trinajstić information content (AvgIpc) is 2.43. The molecule has 2 nitrogen and oxygen atoms in total. The molecular weight excluding hydrogens is 271 g/mol. The van der Waals surface area contributed by atoms with Crippen LogP contribution in [0.2, 0.25) is 0 Å². The summed E-state index contributed by atoms with van der Waals surface area (Å²) < 4.78 is 14.0. The lowest BCUT2D eigenvalue weighted by molar-refractivity contribution is 0.170. The maximum absolute atomic E-state index is 14.0. The Labute approximate surface area is 126 Å². The number of piperidine rings is 1. The number of benzene rings is 1. The fraction of sp³-hybridized carbons (Fsp3) is 0.562. The van der Waals surface area contributed by atoms with Crippen LogP contribution in [0.15, 0.2) is 18.2 Å². The predicted octanol–water partition coefficient (Wildman–Crippen LogP) is 3.47. The van der Waals surface area contributed by atoms with Crippen LogP contribution in [0.4, 0.5) is 4.39 Å². The SMILES string of the molecule is CCCC1CCN(Cc2ccc(C(N)=S)cc2F)CC1. The van der Waals surface area contributed by atoms with Crippen LogP contribution < -0.4 is 5.73 Å². The van der Waals surface area contributed by atoms with Crippen LogP contribution >= 0.6 is 12.2 Å². The molecule has 0 saturated carbocycles. The van der Waals surface area contributed by atoms with E-state index in [2.05, 4.69) is 11.8 Å². The number of hydrogen-bond acceptors (Lipinski definition) is 2. The lowest BCUT2D eigenvalue weighted by Gasteiger charge is -2.32. The predicted molar refractivity (Wildman–Crippen MR) is 85.2 cm³/mol. The van der Waals surface area contributed by atoms with E-state index < -0.39 is 0 Å². The van der Waals surface area contributed by atoms with Crippen molar-refractivity contribution in [2.24, 2.45) is 11.7 Å². The van der Waals surface area contributed by atoms with Gasteiger partial charge in [0, 0.05) is 17.7 Å².